The van der Waals surface area contributed by atoms with Crippen LogP contribution >= 0.6 is 12.4 Å². The lowest BCUT2D eigenvalue weighted by atomic mass is 9.97. The molecular formula is C17H25ClF3N3O. The zero-order valence-corrected chi connectivity index (χ0v) is 15.0. The molecule has 1 amide bonds. The quantitative estimate of drug-likeness (QED) is 0.798. The molecule has 1 aliphatic rings. The number of alkyl halides is 3. The average molecular weight is 380 g/mol. The summed E-state index contributed by atoms with van der Waals surface area (Å²) in [6.45, 7) is 3.23. The van der Waals surface area contributed by atoms with Crippen molar-refractivity contribution >= 4 is 18.3 Å². The minimum Gasteiger partial charge on any atom is -0.354 e. The third kappa shape index (κ3) is 6.84. The molecule has 1 aliphatic heterocycles. The Labute approximate surface area is 152 Å². The molecule has 0 radical (unpaired) electrons. The molecule has 1 aromatic rings. The van der Waals surface area contributed by atoms with Crippen LogP contribution in [0.5, 0.6) is 0 Å². The molecule has 8 heteroatoms. The van der Waals surface area contributed by atoms with Gasteiger partial charge in [0.1, 0.15) is 6.04 Å². The fourth-order valence-electron chi connectivity index (χ4n) is 2.91. The van der Waals surface area contributed by atoms with Gasteiger partial charge < -0.3 is 10.6 Å². The van der Waals surface area contributed by atoms with Crippen molar-refractivity contribution in [2.75, 3.05) is 32.7 Å². The molecular weight excluding hydrogens is 355 g/mol. The molecule has 1 saturated heterocycles. The Hall–Kier alpha value is -1.31. The van der Waals surface area contributed by atoms with Crippen molar-refractivity contribution in [3.05, 3.63) is 35.9 Å². The van der Waals surface area contributed by atoms with Gasteiger partial charge in [0.25, 0.3) is 0 Å². The van der Waals surface area contributed by atoms with Crippen LogP contribution in [0, 0.1) is 0 Å². The van der Waals surface area contributed by atoms with E-state index in [-0.39, 0.29) is 30.7 Å². The van der Waals surface area contributed by atoms with E-state index in [2.05, 4.69) is 10.6 Å². The number of piperazine rings is 1. The van der Waals surface area contributed by atoms with Crippen molar-refractivity contribution in [3.63, 3.8) is 0 Å². The summed E-state index contributed by atoms with van der Waals surface area (Å²) in [5.74, 6) is -0.384. The predicted molar refractivity (Wildman–Crippen MR) is 94.0 cm³/mol. The molecule has 142 valence electrons. The molecule has 1 aromatic carbocycles. The van der Waals surface area contributed by atoms with Crippen molar-refractivity contribution in [1.82, 2.24) is 15.5 Å². The van der Waals surface area contributed by atoms with Crippen LogP contribution in [0.25, 0.3) is 0 Å². The Kier molecular flexibility index (Phi) is 8.68. The highest BCUT2D eigenvalue weighted by Crippen LogP contribution is 2.25. The normalized spacial score (nSPS) is 18.1. The van der Waals surface area contributed by atoms with Crippen LogP contribution in [0.4, 0.5) is 13.2 Å². The molecule has 2 unspecified atom stereocenters. The van der Waals surface area contributed by atoms with Crippen LogP contribution in [-0.4, -0.2) is 55.7 Å². The Morgan fingerprint density at radius 1 is 1.24 bits per heavy atom. The molecule has 0 aromatic heterocycles. The summed E-state index contributed by atoms with van der Waals surface area (Å²) in [5.41, 5.74) is 1.00. The van der Waals surface area contributed by atoms with Crippen LogP contribution in [-0.2, 0) is 4.79 Å². The van der Waals surface area contributed by atoms with E-state index >= 15 is 0 Å². The summed E-state index contributed by atoms with van der Waals surface area (Å²) < 4.78 is 39.8. The van der Waals surface area contributed by atoms with Gasteiger partial charge in [-0.1, -0.05) is 37.3 Å². The van der Waals surface area contributed by atoms with Crippen molar-refractivity contribution in [1.29, 1.82) is 0 Å². The van der Waals surface area contributed by atoms with Gasteiger partial charge in [0.2, 0.25) is 5.91 Å². The number of nitrogens with one attached hydrogen (secondary N) is 2. The number of carbonyl (C=O) groups excluding carboxylic acids is 1. The maximum Gasteiger partial charge on any atom is 0.405 e. The molecule has 0 saturated carbocycles. The first-order valence-electron chi connectivity index (χ1n) is 8.21. The van der Waals surface area contributed by atoms with E-state index in [1.165, 1.54) is 4.90 Å². The SMILES string of the molecule is CC(CC(=O)NCC(N1CCNCC1)C(F)(F)F)c1ccccc1.Cl. The fourth-order valence-corrected chi connectivity index (χ4v) is 2.91. The van der Waals surface area contributed by atoms with E-state index in [0.29, 0.717) is 26.2 Å². The second-order valence-corrected chi connectivity index (χ2v) is 6.16. The monoisotopic (exact) mass is 379 g/mol. The van der Waals surface area contributed by atoms with Crippen molar-refractivity contribution in [2.24, 2.45) is 0 Å². The lowest BCUT2D eigenvalue weighted by molar-refractivity contribution is -0.184. The smallest absolute Gasteiger partial charge is 0.354 e. The molecule has 25 heavy (non-hydrogen) atoms. The first-order valence-corrected chi connectivity index (χ1v) is 8.21. The van der Waals surface area contributed by atoms with E-state index in [0.717, 1.165) is 5.56 Å². The van der Waals surface area contributed by atoms with Crippen LogP contribution in [0.15, 0.2) is 30.3 Å². The van der Waals surface area contributed by atoms with Crippen LogP contribution < -0.4 is 10.6 Å². The maximum absolute atomic E-state index is 13.3. The van der Waals surface area contributed by atoms with Gasteiger partial charge in [0.15, 0.2) is 0 Å². The minimum absolute atomic E-state index is 0. The van der Waals surface area contributed by atoms with Gasteiger partial charge in [0.05, 0.1) is 0 Å². The van der Waals surface area contributed by atoms with E-state index in [9.17, 15) is 18.0 Å². The van der Waals surface area contributed by atoms with Crippen molar-refractivity contribution in [3.8, 4) is 0 Å². The highest BCUT2D eigenvalue weighted by molar-refractivity contribution is 5.85. The molecule has 0 bridgehead atoms. The summed E-state index contributed by atoms with van der Waals surface area (Å²) >= 11 is 0. The first-order chi connectivity index (χ1) is 11.4. The van der Waals surface area contributed by atoms with Crippen LogP contribution in [0.1, 0.15) is 24.8 Å². The largest absolute Gasteiger partial charge is 0.405 e. The van der Waals surface area contributed by atoms with Crippen LogP contribution in [0.2, 0.25) is 0 Å². The first kappa shape index (κ1) is 21.7. The summed E-state index contributed by atoms with van der Waals surface area (Å²) in [5, 5.41) is 5.50. The summed E-state index contributed by atoms with van der Waals surface area (Å²) in [6.07, 6.45) is -4.17. The second-order valence-electron chi connectivity index (χ2n) is 6.16. The van der Waals surface area contributed by atoms with Crippen molar-refractivity contribution < 1.29 is 18.0 Å². The highest BCUT2D eigenvalue weighted by atomic mass is 35.5. The Morgan fingerprint density at radius 2 is 1.84 bits per heavy atom. The van der Waals surface area contributed by atoms with Gasteiger partial charge in [0, 0.05) is 39.1 Å². The number of benzene rings is 1. The van der Waals surface area contributed by atoms with Gasteiger partial charge >= 0.3 is 6.18 Å². The third-order valence-corrected chi connectivity index (χ3v) is 4.32. The predicted octanol–water partition coefficient (Wildman–Crippen LogP) is 2.55. The summed E-state index contributed by atoms with van der Waals surface area (Å²) in [6, 6.07) is 7.85. The van der Waals surface area contributed by atoms with Gasteiger partial charge in [-0.05, 0) is 11.5 Å². The topological polar surface area (TPSA) is 44.4 Å². The van der Waals surface area contributed by atoms with Gasteiger partial charge in [-0.2, -0.15) is 13.2 Å². The van der Waals surface area contributed by atoms with Gasteiger partial charge in [-0.25, -0.2) is 0 Å². The second kappa shape index (κ2) is 9.99. The Morgan fingerprint density at radius 3 is 2.40 bits per heavy atom. The maximum atomic E-state index is 13.3. The van der Waals surface area contributed by atoms with E-state index in [1.807, 2.05) is 37.3 Å². The van der Waals surface area contributed by atoms with E-state index < -0.39 is 18.8 Å². The number of hydrogen-bond donors (Lipinski definition) is 2. The molecule has 1 heterocycles. The van der Waals surface area contributed by atoms with Crippen LogP contribution in [0.3, 0.4) is 0 Å². The highest BCUT2D eigenvalue weighted by Gasteiger charge is 2.43. The Balaban J connectivity index is 0.00000312. The van der Waals surface area contributed by atoms with Gasteiger partial charge in [-0.3, -0.25) is 9.69 Å². The van der Waals surface area contributed by atoms with Gasteiger partial charge in [-0.15, -0.1) is 12.4 Å². The molecule has 2 rings (SSSR count). The number of amides is 1. The molecule has 0 aliphatic carbocycles. The zero-order valence-electron chi connectivity index (χ0n) is 14.2. The van der Waals surface area contributed by atoms with E-state index in [4.69, 9.17) is 0 Å². The number of nitrogens with zero attached hydrogens (tertiary/aromatic N) is 1. The van der Waals surface area contributed by atoms with E-state index in [1.54, 1.807) is 0 Å². The molecule has 2 atom stereocenters. The van der Waals surface area contributed by atoms with Crippen molar-refractivity contribution in [2.45, 2.75) is 31.5 Å². The molecule has 4 nitrogen and oxygen atoms in total. The molecule has 0 spiro atoms. The average Bonchev–Trinajstić information content (AvgIpc) is 2.55. The standard InChI is InChI=1S/C17H24F3N3O.ClH/c1-13(14-5-3-2-4-6-14)11-16(24)22-12-15(17(18,19)20)23-9-7-21-8-10-23;/h2-6,13,15,21H,7-12H2,1H3,(H,22,24);1H. The fraction of sp³-hybridized carbons (Fsp3) is 0.588. The Bertz CT molecular complexity index is 522. The summed E-state index contributed by atoms with van der Waals surface area (Å²) in [7, 11) is 0. The minimum atomic E-state index is -4.35. The molecule has 1 fully saturated rings. The lowest BCUT2D eigenvalue weighted by Gasteiger charge is -2.36. The number of carbonyl (C=O) groups is 1. The lowest BCUT2D eigenvalue weighted by Crippen LogP contribution is -2.57. The summed E-state index contributed by atoms with van der Waals surface area (Å²) in [4.78, 5) is 13.4. The number of rotatable bonds is 6. The number of hydrogen-bond acceptors (Lipinski definition) is 3. The number of halogens is 4. The molecule has 2 N–H and O–H groups in total. The third-order valence-electron chi connectivity index (χ3n) is 4.32. The zero-order chi connectivity index (χ0) is 17.6.